The summed E-state index contributed by atoms with van der Waals surface area (Å²) in [6.45, 7) is 9.29. The number of hydrogen-bond acceptors (Lipinski definition) is 4. The Hall–Kier alpha value is -2.43. The van der Waals surface area contributed by atoms with Gasteiger partial charge in [-0.1, -0.05) is 45.2 Å². The lowest BCUT2D eigenvalue weighted by molar-refractivity contribution is -0.123. The molecule has 30 heavy (non-hydrogen) atoms. The summed E-state index contributed by atoms with van der Waals surface area (Å²) in [5.41, 5.74) is 2.46. The summed E-state index contributed by atoms with van der Waals surface area (Å²) >= 11 is 0. The molecule has 1 saturated carbocycles. The summed E-state index contributed by atoms with van der Waals surface area (Å²) in [6, 6.07) is 7.53. The zero-order valence-corrected chi connectivity index (χ0v) is 19.3. The van der Waals surface area contributed by atoms with Gasteiger partial charge in [0, 0.05) is 17.7 Å². The number of phenols is 1. The molecule has 0 spiro atoms. The van der Waals surface area contributed by atoms with Gasteiger partial charge in [0.25, 0.3) is 0 Å². The minimum absolute atomic E-state index is 0.0620. The van der Waals surface area contributed by atoms with Crippen molar-refractivity contribution in [2.24, 2.45) is 4.99 Å². The molecular formula is C25H38N2O3. The van der Waals surface area contributed by atoms with Crippen LogP contribution in [-0.2, 0) is 16.0 Å². The predicted molar refractivity (Wildman–Crippen MR) is 124 cm³/mol. The first kappa shape index (κ1) is 25.6. The molecule has 1 aromatic rings. The van der Waals surface area contributed by atoms with Gasteiger partial charge in [-0.3, -0.25) is 14.6 Å². The second-order valence-electron chi connectivity index (χ2n) is 8.06. The molecule has 5 nitrogen and oxygen atoms in total. The zero-order valence-electron chi connectivity index (χ0n) is 19.3. The number of rotatable bonds is 8. The molecule has 0 amide bonds. The second-order valence-corrected chi connectivity index (χ2v) is 8.06. The maximum atomic E-state index is 12.1. The van der Waals surface area contributed by atoms with E-state index in [1.807, 2.05) is 19.1 Å². The van der Waals surface area contributed by atoms with Crippen LogP contribution in [0.5, 0.6) is 5.75 Å². The van der Waals surface area contributed by atoms with Crippen LogP contribution in [0.2, 0.25) is 0 Å². The van der Waals surface area contributed by atoms with Crippen LogP contribution in [0.25, 0.3) is 0 Å². The number of aryl methyl sites for hydroxylation is 1. The lowest BCUT2D eigenvalue weighted by Gasteiger charge is -2.15. The molecule has 0 aliphatic heterocycles. The van der Waals surface area contributed by atoms with Crippen molar-refractivity contribution >= 4 is 17.4 Å². The van der Waals surface area contributed by atoms with Gasteiger partial charge in [0.05, 0.1) is 12.5 Å². The molecule has 0 bridgehead atoms. The topological polar surface area (TPSA) is 78.8 Å². The van der Waals surface area contributed by atoms with Gasteiger partial charge in [0.1, 0.15) is 17.4 Å². The van der Waals surface area contributed by atoms with E-state index >= 15 is 0 Å². The normalized spacial score (nSPS) is 15.2. The van der Waals surface area contributed by atoms with Crippen LogP contribution in [0, 0.1) is 0 Å². The highest BCUT2D eigenvalue weighted by molar-refractivity contribution is 6.07. The number of aromatic hydroxyl groups is 1. The quantitative estimate of drug-likeness (QED) is 0.254. The molecule has 0 saturated heterocycles. The van der Waals surface area contributed by atoms with Gasteiger partial charge in [-0.15, -0.1) is 0 Å². The smallest absolute Gasteiger partial charge is 0.167 e. The van der Waals surface area contributed by atoms with Crippen LogP contribution in [0.1, 0.15) is 85.1 Å². The molecule has 0 radical (unpaired) electrons. The van der Waals surface area contributed by atoms with Crippen LogP contribution in [0.3, 0.4) is 0 Å². The Morgan fingerprint density at radius 3 is 2.17 bits per heavy atom. The summed E-state index contributed by atoms with van der Waals surface area (Å²) in [4.78, 5) is 28.3. The van der Waals surface area contributed by atoms with E-state index in [0.717, 1.165) is 42.8 Å². The van der Waals surface area contributed by atoms with Crippen molar-refractivity contribution in [3.8, 4) is 5.75 Å². The Balaban J connectivity index is 0.00000141. The standard InChI is InChI=1S/C22H30N2O3.C3H8/c1-15(25)14-21(27)16(2)17(3)23-22(24-19-6-4-5-7-19)13-10-18-8-11-20(26)12-9-18;1-3-2/h8-9,11-12,19,26H,4-7,10,13-14H2,1-3H3,(H,23,24);3H2,1-2H3/b17-16+;. The number of amidine groups is 1. The summed E-state index contributed by atoms with van der Waals surface area (Å²) in [5, 5.41) is 12.7. The number of aliphatic imine (C=N–C) groups is 1. The molecule has 1 aliphatic rings. The van der Waals surface area contributed by atoms with Crippen LogP contribution >= 0.6 is 0 Å². The Morgan fingerprint density at radius 2 is 1.63 bits per heavy atom. The van der Waals surface area contributed by atoms with Gasteiger partial charge in [-0.05, 0) is 57.7 Å². The first-order valence-electron chi connectivity index (χ1n) is 11.1. The van der Waals surface area contributed by atoms with Gasteiger partial charge in [-0.25, -0.2) is 0 Å². The summed E-state index contributed by atoms with van der Waals surface area (Å²) < 4.78 is 0. The van der Waals surface area contributed by atoms with E-state index < -0.39 is 0 Å². The van der Waals surface area contributed by atoms with Crippen molar-refractivity contribution in [2.75, 3.05) is 0 Å². The molecule has 2 N–H and O–H groups in total. The van der Waals surface area contributed by atoms with E-state index in [1.54, 1.807) is 19.1 Å². The van der Waals surface area contributed by atoms with Crippen molar-refractivity contribution in [3.05, 3.63) is 41.1 Å². The first-order valence-corrected chi connectivity index (χ1v) is 11.1. The molecule has 2 rings (SSSR count). The molecule has 5 heteroatoms. The van der Waals surface area contributed by atoms with E-state index in [0.29, 0.717) is 11.6 Å². The zero-order chi connectivity index (χ0) is 22.5. The molecule has 166 valence electrons. The number of phenolic OH excluding ortho intramolecular Hbond substituents is 1. The van der Waals surface area contributed by atoms with Gasteiger partial charge in [-0.2, -0.15) is 0 Å². The van der Waals surface area contributed by atoms with Gasteiger partial charge < -0.3 is 10.4 Å². The van der Waals surface area contributed by atoms with Crippen molar-refractivity contribution in [1.82, 2.24) is 5.32 Å². The van der Waals surface area contributed by atoms with E-state index in [4.69, 9.17) is 4.99 Å². The Labute approximate surface area is 181 Å². The Kier molecular flexibility index (Phi) is 11.7. The van der Waals surface area contributed by atoms with Crippen molar-refractivity contribution in [2.45, 2.75) is 92.0 Å². The third kappa shape index (κ3) is 9.86. The number of allylic oxidation sites excluding steroid dienone is 2. The van der Waals surface area contributed by atoms with Crippen molar-refractivity contribution in [1.29, 1.82) is 0 Å². The Morgan fingerprint density at radius 1 is 1.07 bits per heavy atom. The molecule has 1 fully saturated rings. The molecule has 1 aliphatic carbocycles. The van der Waals surface area contributed by atoms with Gasteiger partial charge in [0.15, 0.2) is 5.78 Å². The second kappa shape index (κ2) is 13.7. The highest BCUT2D eigenvalue weighted by atomic mass is 16.3. The molecular weight excluding hydrogens is 376 g/mol. The molecule has 0 aromatic heterocycles. The van der Waals surface area contributed by atoms with Gasteiger partial charge in [0.2, 0.25) is 0 Å². The largest absolute Gasteiger partial charge is 0.508 e. The van der Waals surface area contributed by atoms with E-state index in [-0.39, 0.29) is 23.7 Å². The summed E-state index contributed by atoms with van der Waals surface area (Å²) in [6.07, 6.45) is 7.35. The lowest BCUT2D eigenvalue weighted by atomic mass is 10.1. The molecule has 0 atom stereocenters. The summed E-state index contributed by atoms with van der Waals surface area (Å²) in [7, 11) is 0. The van der Waals surface area contributed by atoms with E-state index in [9.17, 15) is 14.7 Å². The third-order valence-corrected chi connectivity index (χ3v) is 4.97. The fourth-order valence-corrected chi connectivity index (χ4v) is 3.22. The number of carbonyl (C=O) groups is 2. The number of carbonyl (C=O) groups excluding carboxylic acids is 2. The van der Waals surface area contributed by atoms with Crippen LogP contribution in [0.4, 0.5) is 0 Å². The highest BCUT2D eigenvalue weighted by Crippen LogP contribution is 2.21. The molecule has 1 aromatic carbocycles. The van der Waals surface area contributed by atoms with E-state index in [2.05, 4.69) is 19.2 Å². The number of Topliss-reactive ketones (excluding diaryl/α,β-unsaturated/α-hetero) is 2. The van der Waals surface area contributed by atoms with Gasteiger partial charge >= 0.3 is 0 Å². The fourth-order valence-electron chi connectivity index (χ4n) is 3.22. The number of hydrogen-bond donors (Lipinski definition) is 2. The van der Waals surface area contributed by atoms with Crippen LogP contribution in [-0.4, -0.2) is 28.6 Å². The number of ketones is 2. The van der Waals surface area contributed by atoms with Crippen LogP contribution in [0.15, 0.2) is 40.5 Å². The minimum Gasteiger partial charge on any atom is -0.508 e. The summed E-state index contributed by atoms with van der Waals surface area (Å²) in [5.74, 6) is 0.864. The fraction of sp³-hybridized carbons (Fsp3) is 0.560. The average molecular weight is 415 g/mol. The van der Waals surface area contributed by atoms with Crippen LogP contribution < -0.4 is 5.32 Å². The third-order valence-electron chi connectivity index (χ3n) is 4.97. The minimum atomic E-state index is -0.147. The molecule has 0 unspecified atom stereocenters. The number of nitrogens with one attached hydrogen (secondary N) is 1. The Bertz CT molecular complexity index is 742. The first-order chi connectivity index (χ1) is 14.3. The number of nitrogens with zero attached hydrogens (tertiary/aromatic N) is 1. The predicted octanol–water partition coefficient (Wildman–Crippen LogP) is 5.51. The maximum absolute atomic E-state index is 12.1. The van der Waals surface area contributed by atoms with Crippen molar-refractivity contribution < 1.29 is 14.7 Å². The SMILES string of the molecule is CC(=O)CC(=O)/C(C)=C(\C)NC(CCc1ccc(O)cc1)=NC1CCCC1.CCC. The van der Waals surface area contributed by atoms with Crippen molar-refractivity contribution in [3.63, 3.8) is 0 Å². The average Bonchev–Trinajstić information content (AvgIpc) is 3.19. The maximum Gasteiger partial charge on any atom is 0.167 e. The lowest BCUT2D eigenvalue weighted by Crippen LogP contribution is -2.26. The molecule has 0 heterocycles. The number of benzene rings is 1. The monoisotopic (exact) mass is 414 g/mol. The van der Waals surface area contributed by atoms with E-state index in [1.165, 1.54) is 26.2 Å². The highest BCUT2D eigenvalue weighted by Gasteiger charge is 2.16.